The molecule has 0 aliphatic carbocycles. The van der Waals surface area contributed by atoms with Crippen molar-refractivity contribution in [1.29, 1.82) is 0 Å². The quantitative estimate of drug-likeness (QED) is 0.910. The first-order valence-corrected chi connectivity index (χ1v) is 6.54. The van der Waals surface area contributed by atoms with Crippen molar-refractivity contribution in [2.75, 3.05) is 19.0 Å². The third-order valence-electron chi connectivity index (χ3n) is 2.95. The van der Waals surface area contributed by atoms with Crippen LogP contribution in [-0.2, 0) is 11.3 Å². The van der Waals surface area contributed by atoms with Gasteiger partial charge in [-0.25, -0.2) is 4.98 Å². The van der Waals surface area contributed by atoms with E-state index in [9.17, 15) is 0 Å². The molecule has 0 fully saturated rings. The molecule has 2 rings (SSSR count). The summed E-state index contributed by atoms with van der Waals surface area (Å²) in [7, 11) is 1.69. The van der Waals surface area contributed by atoms with Gasteiger partial charge < -0.3 is 14.6 Å². The number of ether oxygens (including phenoxy) is 1. The van der Waals surface area contributed by atoms with E-state index in [4.69, 9.17) is 16.3 Å². The molecule has 0 aliphatic rings. The molecule has 0 atom stereocenters. The van der Waals surface area contributed by atoms with E-state index in [0.717, 1.165) is 34.5 Å². The van der Waals surface area contributed by atoms with Gasteiger partial charge in [-0.3, -0.25) is 0 Å². The van der Waals surface area contributed by atoms with E-state index >= 15 is 0 Å². The van der Waals surface area contributed by atoms with Crippen LogP contribution in [0.3, 0.4) is 0 Å². The predicted octanol–water partition coefficient (Wildman–Crippen LogP) is 3.54. The third kappa shape index (κ3) is 3.28. The summed E-state index contributed by atoms with van der Waals surface area (Å²) in [6.07, 6.45) is 2.00. The molecule has 5 heteroatoms. The second-order valence-corrected chi connectivity index (χ2v) is 4.84. The summed E-state index contributed by atoms with van der Waals surface area (Å²) in [5, 5.41) is 4.07. The van der Waals surface area contributed by atoms with Crippen LogP contribution in [0.4, 0.5) is 11.6 Å². The van der Waals surface area contributed by atoms with Crippen LogP contribution in [0.5, 0.6) is 0 Å². The summed E-state index contributed by atoms with van der Waals surface area (Å²) < 4.78 is 7.15. The molecule has 1 N–H and O–H groups in total. The van der Waals surface area contributed by atoms with Gasteiger partial charge in [0, 0.05) is 30.6 Å². The number of imidazole rings is 1. The van der Waals surface area contributed by atoms with Crippen LogP contribution in [0.1, 0.15) is 11.3 Å². The molecule has 0 spiro atoms. The lowest BCUT2D eigenvalue weighted by molar-refractivity contribution is 0.188. The highest BCUT2D eigenvalue weighted by Gasteiger charge is 2.08. The summed E-state index contributed by atoms with van der Waals surface area (Å²) >= 11 is 6.12. The largest absolute Gasteiger partial charge is 0.383 e. The van der Waals surface area contributed by atoms with E-state index in [1.54, 1.807) is 7.11 Å². The normalized spacial score (nSPS) is 10.7. The summed E-state index contributed by atoms with van der Waals surface area (Å²) in [6, 6.07) is 5.80. The van der Waals surface area contributed by atoms with E-state index in [2.05, 4.69) is 10.3 Å². The first-order chi connectivity index (χ1) is 9.11. The molecule has 2 aromatic rings. The zero-order valence-electron chi connectivity index (χ0n) is 11.4. The maximum atomic E-state index is 6.12. The monoisotopic (exact) mass is 279 g/mol. The Morgan fingerprint density at radius 1 is 1.37 bits per heavy atom. The fourth-order valence-corrected chi connectivity index (χ4v) is 2.04. The minimum atomic E-state index is 0.652. The molecule has 0 aliphatic heterocycles. The van der Waals surface area contributed by atoms with E-state index < -0.39 is 0 Å². The Morgan fingerprint density at radius 3 is 2.89 bits per heavy atom. The van der Waals surface area contributed by atoms with Gasteiger partial charge in [-0.05, 0) is 31.5 Å². The standard InChI is InChI=1S/C14H18ClN3O/c1-10-9-18(7-8-19-3)14(16-10)17-13-6-4-5-12(15)11(13)2/h4-6,9H,7-8H2,1-3H3,(H,16,17). The Morgan fingerprint density at radius 2 is 2.16 bits per heavy atom. The van der Waals surface area contributed by atoms with Crippen LogP contribution in [-0.4, -0.2) is 23.3 Å². The van der Waals surface area contributed by atoms with Crippen LogP contribution in [0, 0.1) is 13.8 Å². The molecule has 0 saturated heterocycles. The molecule has 102 valence electrons. The number of hydrogen-bond acceptors (Lipinski definition) is 3. The number of hydrogen-bond donors (Lipinski definition) is 1. The van der Waals surface area contributed by atoms with Crippen molar-refractivity contribution in [2.45, 2.75) is 20.4 Å². The molecule has 0 unspecified atom stereocenters. The number of halogens is 1. The number of nitrogens with zero attached hydrogens (tertiary/aromatic N) is 2. The van der Waals surface area contributed by atoms with Gasteiger partial charge in [-0.1, -0.05) is 17.7 Å². The van der Waals surface area contributed by atoms with E-state index in [1.807, 2.05) is 42.8 Å². The predicted molar refractivity (Wildman–Crippen MR) is 78.3 cm³/mol. The molecule has 1 aromatic carbocycles. The lowest BCUT2D eigenvalue weighted by atomic mass is 10.2. The zero-order chi connectivity index (χ0) is 13.8. The fraction of sp³-hybridized carbons (Fsp3) is 0.357. The molecular weight excluding hydrogens is 262 g/mol. The van der Waals surface area contributed by atoms with E-state index in [-0.39, 0.29) is 0 Å². The second-order valence-electron chi connectivity index (χ2n) is 4.43. The smallest absolute Gasteiger partial charge is 0.207 e. The highest BCUT2D eigenvalue weighted by atomic mass is 35.5. The third-order valence-corrected chi connectivity index (χ3v) is 3.36. The van der Waals surface area contributed by atoms with Crippen molar-refractivity contribution in [3.8, 4) is 0 Å². The Bertz CT molecular complexity index is 566. The lowest BCUT2D eigenvalue weighted by Gasteiger charge is -2.12. The molecule has 1 heterocycles. The zero-order valence-corrected chi connectivity index (χ0v) is 12.2. The Labute approximate surface area is 118 Å². The lowest BCUT2D eigenvalue weighted by Crippen LogP contribution is -2.07. The van der Waals surface area contributed by atoms with E-state index in [1.165, 1.54) is 0 Å². The van der Waals surface area contributed by atoms with Gasteiger partial charge in [0.25, 0.3) is 0 Å². The van der Waals surface area contributed by atoms with Crippen LogP contribution < -0.4 is 5.32 Å². The van der Waals surface area contributed by atoms with Crippen LogP contribution in [0.2, 0.25) is 5.02 Å². The van der Waals surface area contributed by atoms with Crippen molar-refractivity contribution in [2.24, 2.45) is 0 Å². The molecule has 0 saturated carbocycles. The topological polar surface area (TPSA) is 39.1 Å². The summed E-state index contributed by atoms with van der Waals surface area (Å²) in [6.45, 7) is 5.37. The second kappa shape index (κ2) is 6.08. The summed E-state index contributed by atoms with van der Waals surface area (Å²) in [4.78, 5) is 4.48. The molecule has 0 radical (unpaired) electrons. The minimum Gasteiger partial charge on any atom is -0.383 e. The van der Waals surface area contributed by atoms with Gasteiger partial charge in [0.05, 0.1) is 12.3 Å². The number of methoxy groups -OCH3 is 1. The first kappa shape index (κ1) is 13.9. The number of aromatic nitrogens is 2. The van der Waals surface area contributed by atoms with Crippen molar-refractivity contribution < 1.29 is 4.74 Å². The SMILES string of the molecule is COCCn1cc(C)nc1Nc1cccc(Cl)c1C. The van der Waals surface area contributed by atoms with Crippen molar-refractivity contribution in [3.63, 3.8) is 0 Å². The molecular formula is C14H18ClN3O. The average molecular weight is 280 g/mol. The molecule has 0 bridgehead atoms. The first-order valence-electron chi connectivity index (χ1n) is 6.16. The maximum absolute atomic E-state index is 6.12. The van der Waals surface area contributed by atoms with Gasteiger partial charge in [0.15, 0.2) is 0 Å². The minimum absolute atomic E-state index is 0.652. The van der Waals surface area contributed by atoms with Crippen molar-refractivity contribution in [3.05, 3.63) is 40.7 Å². The van der Waals surface area contributed by atoms with Gasteiger partial charge >= 0.3 is 0 Å². The van der Waals surface area contributed by atoms with E-state index in [0.29, 0.717) is 6.61 Å². The van der Waals surface area contributed by atoms with Crippen LogP contribution >= 0.6 is 11.6 Å². The van der Waals surface area contributed by atoms with Gasteiger partial charge in [-0.2, -0.15) is 0 Å². The highest BCUT2D eigenvalue weighted by Crippen LogP contribution is 2.25. The van der Waals surface area contributed by atoms with Crippen LogP contribution in [0.15, 0.2) is 24.4 Å². The molecule has 0 amide bonds. The Hall–Kier alpha value is -1.52. The highest BCUT2D eigenvalue weighted by molar-refractivity contribution is 6.31. The number of nitrogens with one attached hydrogen (secondary N) is 1. The van der Waals surface area contributed by atoms with Gasteiger partial charge in [0.2, 0.25) is 5.95 Å². The molecule has 19 heavy (non-hydrogen) atoms. The molecule has 1 aromatic heterocycles. The fourth-order valence-electron chi connectivity index (χ4n) is 1.87. The number of anilines is 2. The summed E-state index contributed by atoms with van der Waals surface area (Å²) in [5.41, 5.74) is 2.96. The van der Waals surface area contributed by atoms with Crippen molar-refractivity contribution in [1.82, 2.24) is 9.55 Å². The number of aryl methyl sites for hydroxylation is 1. The maximum Gasteiger partial charge on any atom is 0.207 e. The van der Waals surface area contributed by atoms with Crippen molar-refractivity contribution >= 4 is 23.2 Å². The molecule has 4 nitrogen and oxygen atoms in total. The number of benzene rings is 1. The average Bonchev–Trinajstić information content (AvgIpc) is 2.73. The Balaban J connectivity index is 2.25. The van der Waals surface area contributed by atoms with Gasteiger partial charge in [0.1, 0.15) is 0 Å². The summed E-state index contributed by atoms with van der Waals surface area (Å²) in [5.74, 6) is 0.805. The Kier molecular flexibility index (Phi) is 4.45. The van der Waals surface area contributed by atoms with Gasteiger partial charge in [-0.15, -0.1) is 0 Å². The van der Waals surface area contributed by atoms with Crippen LogP contribution in [0.25, 0.3) is 0 Å². The number of rotatable bonds is 5.